The first kappa shape index (κ1) is 10.7. The van der Waals surface area contributed by atoms with Crippen molar-refractivity contribution in [1.82, 2.24) is 5.32 Å². The molecule has 1 aromatic carbocycles. The molecule has 1 aliphatic rings. The molecule has 1 unspecified atom stereocenters. The maximum atomic E-state index is 3.70. The first-order valence-corrected chi connectivity index (χ1v) is 6.05. The summed E-state index contributed by atoms with van der Waals surface area (Å²) in [6.07, 6.45) is 2.85. The van der Waals surface area contributed by atoms with Crippen LogP contribution in [0, 0.1) is 11.8 Å². The van der Waals surface area contributed by atoms with E-state index in [1.807, 2.05) is 0 Å². The Morgan fingerprint density at radius 3 is 2.40 bits per heavy atom. The van der Waals surface area contributed by atoms with Crippen molar-refractivity contribution in [1.29, 1.82) is 0 Å². The van der Waals surface area contributed by atoms with Gasteiger partial charge in [0.1, 0.15) is 0 Å². The van der Waals surface area contributed by atoms with E-state index in [9.17, 15) is 0 Å². The second-order valence-corrected chi connectivity index (χ2v) is 4.98. The van der Waals surface area contributed by atoms with Gasteiger partial charge in [0.05, 0.1) is 0 Å². The highest BCUT2D eigenvalue weighted by Crippen LogP contribution is 2.29. The number of hydrogen-bond acceptors (Lipinski definition) is 1. The third-order valence-electron chi connectivity index (χ3n) is 3.15. The van der Waals surface area contributed by atoms with Gasteiger partial charge in [0.25, 0.3) is 0 Å². The summed E-state index contributed by atoms with van der Waals surface area (Å²) in [7, 11) is 0. The zero-order chi connectivity index (χ0) is 10.7. The molecule has 1 N–H and O–H groups in total. The van der Waals surface area contributed by atoms with Gasteiger partial charge in [-0.2, -0.15) is 0 Å². The Bertz CT molecular complexity index is 287. The van der Waals surface area contributed by atoms with Crippen LogP contribution in [0.25, 0.3) is 0 Å². The maximum absolute atomic E-state index is 3.70. The van der Waals surface area contributed by atoms with E-state index in [1.54, 1.807) is 0 Å². The lowest BCUT2D eigenvalue weighted by molar-refractivity contribution is 0.405. The van der Waals surface area contributed by atoms with Crippen molar-refractivity contribution >= 4 is 0 Å². The van der Waals surface area contributed by atoms with Crippen molar-refractivity contribution in [3.05, 3.63) is 35.9 Å². The van der Waals surface area contributed by atoms with E-state index in [0.717, 1.165) is 5.92 Å². The van der Waals surface area contributed by atoms with Gasteiger partial charge in [0.2, 0.25) is 0 Å². The van der Waals surface area contributed by atoms with Crippen molar-refractivity contribution in [3.8, 4) is 0 Å². The Morgan fingerprint density at radius 2 is 1.87 bits per heavy atom. The highest BCUT2D eigenvalue weighted by Gasteiger charge is 2.23. The summed E-state index contributed by atoms with van der Waals surface area (Å²) >= 11 is 0. The molecule has 1 atom stereocenters. The minimum Gasteiger partial charge on any atom is -0.309 e. The molecule has 0 aliphatic heterocycles. The molecule has 1 aromatic rings. The third kappa shape index (κ3) is 3.07. The summed E-state index contributed by atoms with van der Waals surface area (Å²) in [5.41, 5.74) is 1.42. The van der Waals surface area contributed by atoms with E-state index in [0.29, 0.717) is 12.0 Å². The zero-order valence-corrected chi connectivity index (χ0v) is 9.74. The van der Waals surface area contributed by atoms with Gasteiger partial charge in [-0.3, -0.25) is 0 Å². The van der Waals surface area contributed by atoms with Gasteiger partial charge in [0, 0.05) is 6.04 Å². The highest BCUT2D eigenvalue weighted by molar-refractivity contribution is 5.19. The number of nitrogens with one attached hydrogen (secondary N) is 1. The van der Waals surface area contributed by atoms with Gasteiger partial charge in [0.15, 0.2) is 0 Å². The largest absolute Gasteiger partial charge is 0.309 e. The Kier molecular flexibility index (Phi) is 3.42. The van der Waals surface area contributed by atoms with Crippen LogP contribution in [0.2, 0.25) is 0 Å². The molecule has 82 valence electrons. The Labute approximate surface area is 92.9 Å². The van der Waals surface area contributed by atoms with Gasteiger partial charge in [-0.05, 0) is 36.8 Å². The molecule has 1 fully saturated rings. The predicted octanol–water partition coefficient (Wildman–Crippen LogP) is 3.38. The van der Waals surface area contributed by atoms with E-state index in [-0.39, 0.29) is 0 Å². The van der Waals surface area contributed by atoms with Crippen LogP contribution in [0.15, 0.2) is 30.3 Å². The van der Waals surface area contributed by atoms with Gasteiger partial charge in [-0.1, -0.05) is 44.2 Å². The Hall–Kier alpha value is -0.820. The Morgan fingerprint density at radius 1 is 1.20 bits per heavy atom. The van der Waals surface area contributed by atoms with Crippen molar-refractivity contribution in [2.45, 2.75) is 32.7 Å². The molecule has 1 heteroatoms. The standard InChI is InChI=1S/C14H21N/c1-11(2)14(15-10-12-8-9-12)13-6-4-3-5-7-13/h3-7,11-12,14-15H,8-10H2,1-2H3. The molecule has 0 amide bonds. The lowest BCUT2D eigenvalue weighted by atomic mass is 9.96. The Balaban J connectivity index is 1.98. The number of hydrogen-bond donors (Lipinski definition) is 1. The fourth-order valence-corrected chi connectivity index (χ4v) is 2.01. The van der Waals surface area contributed by atoms with Crippen LogP contribution < -0.4 is 5.32 Å². The summed E-state index contributed by atoms with van der Waals surface area (Å²) in [6.45, 7) is 5.77. The van der Waals surface area contributed by atoms with E-state index >= 15 is 0 Å². The number of benzene rings is 1. The molecule has 0 spiro atoms. The highest BCUT2D eigenvalue weighted by atomic mass is 14.9. The van der Waals surface area contributed by atoms with E-state index in [4.69, 9.17) is 0 Å². The van der Waals surface area contributed by atoms with Gasteiger partial charge < -0.3 is 5.32 Å². The first-order chi connectivity index (χ1) is 7.27. The molecule has 1 aliphatic carbocycles. The fraction of sp³-hybridized carbons (Fsp3) is 0.571. The second kappa shape index (κ2) is 4.80. The van der Waals surface area contributed by atoms with Gasteiger partial charge in [-0.15, -0.1) is 0 Å². The van der Waals surface area contributed by atoms with Crippen LogP contribution >= 0.6 is 0 Å². The van der Waals surface area contributed by atoms with Crippen LogP contribution in [0.3, 0.4) is 0 Å². The molecule has 0 heterocycles. The second-order valence-electron chi connectivity index (χ2n) is 4.98. The van der Waals surface area contributed by atoms with Crippen molar-refractivity contribution in [2.75, 3.05) is 6.54 Å². The molecular formula is C14H21N. The molecule has 15 heavy (non-hydrogen) atoms. The predicted molar refractivity (Wildman–Crippen MR) is 64.7 cm³/mol. The van der Waals surface area contributed by atoms with E-state index < -0.39 is 0 Å². The van der Waals surface area contributed by atoms with Crippen LogP contribution in [0.5, 0.6) is 0 Å². The lowest BCUT2D eigenvalue weighted by Gasteiger charge is -2.23. The molecule has 1 nitrogen and oxygen atoms in total. The molecule has 0 bridgehead atoms. The topological polar surface area (TPSA) is 12.0 Å². The lowest BCUT2D eigenvalue weighted by Crippen LogP contribution is -2.27. The quantitative estimate of drug-likeness (QED) is 0.773. The van der Waals surface area contributed by atoms with Crippen molar-refractivity contribution < 1.29 is 0 Å². The molecule has 1 saturated carbocycles. The molecule has 2 rings (SSSR count). The van der Waals surface area contributed by atoms with Gasteiger partial charge >= 0.3 is 0 Å². The van der Waals surface area contributed by atoms with Crippen LogP contribution in [0.1, 0.15) is 38.3 Å². The summed E-state index contributed by atoms with van der Waals surface area (Å²) in [5.74, 6) is 1.61. The van der Waals surface area contributed by atoms with Crippen molar-refractivity contribution in [2.24, 2.45) is 11.8 Å². The average Bonchev–Trinajstić information content (AvgIpc) is 3.03. The molecule has 0 aromatic heterocycles. The third-order valence-corrected chi connectivity index (χ3v) is 3.15. The summed E-state index contributed by atoms with van der Waals surface area (Å²) in [5, 5.41) is 3.70. The van der Waals surface area contributed by atoms with Crippen LogP contribution in [-0.4, -0.2) is 6.54 Å². The number of rotatable bonds is 5. The minimum atomic E-state index is 0.520. The van der Waals surface area contributed by atoms with Gasteiger partial charge in [-0.25, -0.2) is 0 Å². The average molecular weight is 203 g/mol. The molecule has 0 radical (unpaired) electrons. The zero-order valence-electron chi connectivity index (χ0n) is 9.74. The fourth-order valence-electron chi connectivity index (χ4n) is 2.01. The van der Waals surface area contributed by atoms with Crippen LogP contribution in [0.4, 0.5) is 0 Å². The SMILES string of the molecule is CC(C)C(NCC1CC1)c1ccccc1. The van der Waals surface area contributed by atoms with E-state index in [1.165, 1.54) is 24.9 Å². The molecule has 0 saturated heterocycles. The normalized spacial score (nSPS) is 18.1. The van der Waals surface area contributed by atoms with Crippen molar-refractivity contribution in [3.63, 3.8) is 0 Å². The minimum absolute atomic E-state index is 0.520. The summed E-state index contributed by atoms with van der Waals surface area (Å²) in [4.78, 5) is 0. The van der Waals surface area contributed by atoms with E-state index in [2.05, 4.69) is 49.5 Å². The maximum Gasteiger partial charge on any atom is 0.0343 e. The smallest absolute Gasteiger partial charge is 0.0343 e. The first-order valence-electron chi connectivity index (χ1n) is 6.05. The monoisotopic (exact) mass is 203 g/mol. The summed E-state index contributed by atoms with van der Waals surface area (Å²) < 4.78 is 0. The van der Waals surface area contributed by atoms with Crippen LogP contribution in [-0.2, 0) is 0 Å². The summed E-state index contributed by atoms with van der Waals surface area (Å²) in [6, 6.07) is 11.3. The molecular weight excluding hydrogens is 182 g/mol.